The zero-order valence-electron chi connectivity index (χ0n) is 22.0. The molecule has 0 unspecified atom stereocenters. The first-order chi connectivity index (χ1) is 18.4. The Morgan fingerprint density at radius 2 is 1.74 bits per heavy atom. The van der Waals surface area contributed by atoms with Crippen LogP contribution in [0, 0.1) is 20.8 Å². The molecule has 1 amide bonds. The summed E-state index contributed by atoms with van der Waals surface area (Å²) in [6, 6.07) is 26.3. The van der Waals surface area contributed by atoms with Gasteiger partial charge in [0.1, 0.15) is 0 Å². The number of para-hydroxylation sites is 1. The molecule has 6 nitrogen and oxygen atoms in total. The van der Waals surface area contributed by atoms with E-state index in [0.29, 0.717) is 18.1 Å². The van der Waals surface area contributed by atoms with E-state index >= 15 is 0 Å². The molecule has 0 bridgehead atoms. The Bertz CT molecular complexity index is 1430. The Labute approximate surface area is 229 Å². The second-order valence-electron chi connectivity index (χ2n) is 9.83. The minimum absolute atomic E-state index is 0.0308. The highest BCUT2D eigenvalue weighted by Gasteiger charge is 2.41. The first kappa shape index (κ1) is 25.7. The van der Waals surface area contributed by atoms with Gasteiger partial charge in [0, 0.05) is 42.8 Å². The van der Waals surface area contributed by atoms with Gasteiger partial charge in [-0.2, -0.15) is 0 Å². The minimum Gasteiger partial charge on any atom is -0.352 e. The number of benzene rings is 2. The quantitative estimate of drug-likeness (QED) is 0.283. The molecule has 2 N–H and O–H groups in total. The van der Waals surface area contributed by atoms with E-state index in [0.717, 1.165) is 23.5 Å². The highest BCUT2D eigenvalue weighted by Crippen LogP contribution is 2.41. The van der Waals surface area contributed by atoms with Crippen LogP contribution in [0.4, 0.5) is 5.69 Å². The van der Waals surface area contributed by atoms with Crippen LogP contribution >= 0.6 is 12.2 Å². The highest BCUT2D eigenvalue weighted by molar-refractivity contribution is 7.80. The molecule has 0 radical (unpaired) electrons. The number of hydrogen-bond donors (Lipinski definition) is 2. The Balaban J connectivity index is 1.43. The van der Waals surface area contributed by atoms with Crippen LogP contribution in [0.25, 0.3) is 0 Å². The second-order valence-corrected chi connectivity index (χ2v) is 10.2. The Morgan fingerprint density at radius 1 is 1.00 bits per heavy atom. The molecule has 0 aliphatic carbocycles. The van der Waals surface area contributed by atoms with Crippen molar-refractivity contribution in [2.24, 2.45) is 0 Å². The van der Waals surface area contributed by atoms with Crippen molar-refractivity contribution in [3.05, 3.63) is 119 Å². The monoisotopic (exact) mass is 523 g/mol. The van der Waals surface area contributed by atoms with Gasteiger partial charge in [0.25, 0.3) is 0 Å². The minimum atomic E-state index is -0.117. The lowest BCUT2D eigenvalue weighted by Crippen LogP contribution is -2.33. The smallest absolute Gasteiger partial charge is 0.226 e. The van der Waals surface area contributed by atoms with Gasteiger partial charge in [0.15, 0.2) is 5.11 Å². The fourth-order valence-corrected chi connectivity index (χ4v) is 5.60. The third-order valence-electron chi connectivity index (χ3n) is 7.31. The molecule has 0 spiro atoms. The van der Waals surface area contributed by atoms with Gasteiger partial charge in [0.2, 0.25) is 5.91 Å². The SMILES string of the molecule is Cc1ccccc1NC(=O)CCN1C(=S)N[C@H](c2ccccn2)[C@@H]1c1cc(C)n(Cc2ccccc2)c1C. The van der Waals surface area contributed by atoms with Crippen molar-refractivity contribution < 1.29 is 4.79 Å². The van der Waals surface area contributed by atoms with Gasteiger partial charge in [-0.25, -0.2) is 0 Å². The highest BCUT2D eigenvalue weighted by atomic mass is 32.1. The maximum atomic E-state index is 12.9. The molecular formula is C31H33N5OS. The van der Waals surface area contributed by atoms with Gasteiger partial charge in [-0.05, 0) is 73.9 Å². The summed E-state index contributed by atoms with van der Waals surface area (Å²) in [5.74, 6) is -0.0308. The predicted molar refractivity (Wildman–Crippen MR) is 156 cm³/mol. The number of nitrogens with one attached hydrogen (secondary N) is 2. The summed E-state index contributed by atoms with van der Waals surface area (Å²) in [7, 11) is 0. The lowest BCUT2D eigenvalue weighted by atomic mass is 9.96. The van der Waals surface area contributed by atoms with E-state index in [1.807, 2.05) is 61.7 Å². The van der Waals surface area contributed by atoms with E-state index in [1.165, 1.54) is 22.5 Å². The largest absolute Gasteiger partial charge is 0.352 e. The summed E-state index contributed by atoms with van der Waals surface area (Å²) >= 11 is 5.83. The molecule has 1 saturated heterocycles. The zero-order chi connectivity index (χ0) is 26.6. The van der Waals surface area contributed by atoms with Crippen molar-refractivity contribution in [3.8, 4) is 0 Å². The van der Waals surface area contributed by atoms with E-state index in [1.54, 1.807) is 0 Å². The number of aryl methyl sites for hydroxylation is 2. The summed E-state index contributed by atoms with van der Waals surface area (Å²) in [5, 5.41) is 7.20. The van der Waals surface area contributed by atoms with Crippen LogP contribution in [-0.4, -0.2) is 32.0 Å². The summed E-state index contributed by atoms with van der Waals surface area (Å²) in [4.78, 5) is 19.7. The Kier molecular flexibility index (Phi) is 7.56. The summed E-state index contributed by atoms with van der Waals surface area (Å²) in [6.07, 6.45) is 2.14. The molecule has 3 heterocycles. The maximum Gasteiger partial charge on any atom is 0.226 e. The van der Waals surface area contributed by atoms with Gasteiger partial charge in [-0.15, -0.1) is 0 Å². The Morgan fingerprint density at radius 3 is 2.47 bits per heavy atom. The van der Waals surface area contributed by atoms with Crippen molar-refractivity contribution in [1.82, 2.24) is 19.8 Å². The molecule has 1 aliphatic rings. The molecule has 1 aliphatic heterocycles. The third-order valence-corrected chi connectivity index (χ3v) is 7.66. The van der Waals surface area contributed by atoms with E-state index in [9.17, 15) is 4.79 Å². The summed E-state index contributed by atoms with van der Waals surface area (Å²) in [5.41, 5.74) is 7.65. The van der Waals surface area contributed by atoms with Crippen LogP contribution < -0.4 is 10.6 Å². The van der Waals surface area contributed by atoms with E-state index in [-0.39, 0.29) is 18.0 Å². The first-order valence-electron chi connectivity index (χ1n) is 13.0. The standard InChI is InChI=1S/C31H33N5OS/c1-21-11-7-8-14-26(21)33-28(37)16-18-35-30(29(34-31(35)38)27-15-9-10-17-32-27)25-19-22(2)36(23(25)3)20-24-12-5-4-6-13-24/h4-15,17,19,29-30H,16,18,20H2,1-3H3,(H,33,37)(H,34,38)/t29-,30+/m1/s1. The number of amides is 1. The molecule has 1 fully saturated rings. The lowest BCUT2D eigenvalue weighted by Gasteiger charge is -2.28. The van der Waals surface area contributed by atoms with Crippen molar-refractivity contribution >= 4 is 28.9 Å². The number of carbonyl (C=O) groups excluding carboxylic acids is 1. The van der Waals surface area contributed by atoms with Gasteiger partial charge in [-0.1, -0.05) is 54.6 Å². The van der Waals surface area contributed by atoms with Crippen molar-refractivity contribution in [2.45, 2.75) is 45.8 Å². The first-order valence-corrected chi connectivity index (χ1v) is 13.4. The third kappa shape index (κ3) is 5.34. The number of pyridine rings is 1. The van der Waals surface area contributed by atoms with Gasteiger partial charge in [-0.3, -0.25) is 9.78 Å². The molecule has 7 heteroatoms. The fourth-order valence-electron chi connectivity index (χ4n) is 5.27. The van der Waals surface area contributed by atoms with Crippen LogP contribution in [0.3, 0.4) is 0 Å². The van der Waals surface area contributed by atoms with E-state index in [4.69, 9.17) is 12.2 Å². The molecule has 4 aromatic rings. The summed E-state index contributed by atoms with van der Waals surface area (Å²) < 4.78 is 2.35. The zero-order valence-corrected chi connectivity index (χ0v) is 22.8. The summed E-state index contributed by atoms with van der Waals surface area (Å²) in [6.45, 7) is 7.62. The molecule has 2 atom stereocenters. The average molecular weight is 524 g/mol. The van der Waals surface area contributed by atoms with Crippen LogP contribution in [0.1, 0.15) is 52.3 Å². The normalized spacial score (nSPS) is 16.9. The number of hydrogen-bond acceptors (Lipinski definition) is 3. The number of rotatable bonds is 8. The molecule has 194 valence electrons. The topological polar surface area (TPSA) is 62.2 Å². The fraction of sp³-hybridized carbons (Fsp3) is 0.258. The number of carbonyl (C=O) groups is 1. The molecule has 2 aromatic carbocycles. The van der Waals surface area contributed by atoms with E-state index < -0.39 is 0 Å². The van der Waals surface area contributed by atoms with Gasteiger partial charge < -0.3 is 20.1 Å². The van der Waals surface area contributed by atoms with Crippen LogP contribution in [0.15, 0.2) is 85.1 Å². The average Bonchev–Trinajstić information content (AvgIpc) is 3.40. The number of nitrogens with zero attached hydrogens (tertiary/aromatic N) is 3. The Hall–Kier alpha value is -3.97. The lowest BCUT2D eigenvalue weighted by molar-refractivity contribution is -0.116. The number of anilines is 1. The maximum absolute atomic E-state index is 12.9. The molecule has 38 heavy (non-hydrogen) atoms. The molecule has 5 rings (SSSR count). The van der Waals surface area contributed by atoms with Crippen LogP contribution in [0.2, 0.25) is 0 Å². The van der Waals surface area contributed by atoms with Gasteiger partial charge >= 0.3 is 0 Å². The molecule has 2 aromatic heterocycles. The number of aromatic nitrogens is 2. The van der Waals surface area contributed by atoms with E-state index in [2.05, 4.69) is 69.3 Å². The van der Waals surface area contributed by atoms with Crippen LogP contribution in [0.5, 0.6) is 0 Å². The number of thiocarbonyl (C=S) groups is 1. The molecule has 0 saturated carbocycles. The predicted octanol–water partition coefficient (Wildman–Crippen LogP) is 5.86. The van der Waals surface area contributed by atoms with Crippen molar-refractivity contribution in [2.75, 3.05) is 11.9 Å². The van der Waals surface area contributed by atoms with Gasteiger partial charge in [0.05, 0.1) is 17.8 Å². The molecular weight excluding hydrogens is 490 g/mol. The van der Waals surface area contributed by atoms with Crippen molar-refractivity contribution in [3.63, 3.8) is 0 Å². The van der Waals surface area contributed by atoms with Crippen molar-refractivity contribution in [1.29, 1.82) is 0 Å². The van der Waals surface area contributed by atoms with Crippen LogP contribution in [-0.2, 0) is 11.3 Å². The second kappa shape index (κ2) is 11.2.